The molecule has 1 aromatic rings. The number of fused-ring (bicyclic) bond motifs is 3. The van der Waals surface area contributed by atoms with Gasteiger partial charge in [-0.1, -0.05) is 5.16 Å². The van der Waals surface area contributed by atoms with Gasteiger partial charge in [0.05, 0.1) is 5.69 Å². The van der Waals surface area contributed by atoms with E-state index in [2.05, 4.69) is 16.1 Å². The first kappa shape index (κ1) is 8.48. The van der Waals surface area contributed by atoms with Gasteiger partial charge in [0.2, 0.25) is 0 Å². The fraction of sp³-hybridized carbons (Fsp3) is 0.727. The van der Waals surface area contributed by atoms with Gasteiger partial charge >= 0.3 is 0 Å². The predicted molar refractivity (Wildman–Crippen MR) is 53.1 cm³/mol. The topological polar surface area (TPSA) is 29.3 Å². The first-order valence-corrected chi connectivity index (χ1v) is 5.48. The lowest BCUT2D eigenvalue weighted by Crippen LogP contribution is -2.46. The summed E-state index contributed by atoms with van der Waals surface area (Å²) in [4.78, 5) is 2.54. The molecule has 3 nitrogen and oxygen atoms in total. The van der Waals surface area contributed by atoms with Crippen molar-refractivity contribution in [3.8, 4) is 0 Å². The van der Waals surface area contributed by atoms with Crippen LogP contribution in [0.2, 0.25) is 0 Å². The molecule has 3 heteroatoms. The van der Waals surface area contributed by atoms with E-state index in [4.69, 9.17) is 4.52 Å². The molecule has 0 amide bonds. The third-order valence-electron chi connectivity index (χ3n) is 3.67. The SMILES string of the molecule is Cc1cc(C2CN3CCC2CC3)on1. The van der Waals surface area contributed by atoms with E-state index in [1.54, 1.807) is 0 Å². The highest BCUT2D eigenvalue weighted by Gasteiger charge is 2.36. The zero-order valence-corrected chi connectivity index (χ0v) is 8.57. The number of aryl methyl sites for hydroxylation is 1. The van der Waals surface area contributed by atoms with Gasteiger partial charge in [-0.3, -0.25) is 0 Å². The highest BCUT2D eigenvalue weighted by molar-refractivity contribution is 5.13. The third-order valence-corrected chi connectivity index (χ3v) is 3.67. The Hall–Kier alpha value is -0.830. The normalized spacial score (nSPS) is 36.2. The maximum atomic E-state index is 5.38. The van der Waals surface area contributed by atoms with Crippen molar-refractivity contribution in [3.05, 3.63) is 17.5 Å². The molecule has 4 rings (SSSR count). The molecule has 4 heterocycles. The number of aromatic nitrogens is 1. The molecule has 0 aromatic carbocycles. The van der Waals surface area contributed by atoms with Crippen LogP contribution in [0, 0.1) is 12.8 Å². The van der Waals surface area contributed by atoms with E-state index in [-0.39, 0.29) is 0 Å². The lowest BCUT2D eigenvalue weighted by Gasteiger charge is -2.43. The molecule has 1 aromatic heterocycles. The van der Waals surface area contributed by atoms with E-state index in [1.807, 2.05) is 6.92 Å². The van der Waals surface area contributed by atoms with Crippen LogP contribution >= 0.6 is 0 Å². The summed E-state index contributed by atoms with van der Waals surface area (Å²) in [6.45, 7) is 5.75. The first-order chi connectivity index (χ1) is 6.83. The van der Waals surface area contributed by atoms with Crippen molar-refractivity contribution in [3.63, 3.8) is 0 Å². The van der Waals surface area contributed by atoms with Gasteiger partial charge in [0.1, 0.15) is 5.76 Å². The molecule has 0 spiro atoms. The lowest BCUT2D eigenvalue weighted by molar-refractivity contribution is 0.0750. The van der Waals surface area contributed by atoms with Gasteiger partial charge in [-0.15, -0.1) is 0 Å². The minimum absolute atomic E-state index is 0.610. The maximum Gasteiger partial charge on any atom is 0.141 e. The monoisotopic (exact) mass is 192 g/mol. The van der Waals surface area contributed by atoms with Crippen molar-refractivity contribution in [2.24, 2.45) is 5.92 Å². The molecule has 3 aliphatic heterocycles. The fourth-order valence-electron chi connectivity index (χ4n) is 2.85. The quantitative estimate of drug-likeness (QED) is 0.679. The minimum atomic E-state index is 0.610. The van der Waals surface area contributed by atoms with Crippen molar-refractivity contribution >= 4 is 0 Å². The summed E-state index contributed by atoms with van der Waals surface area (Å²) in [6.07, 6.45) is 2.68. The minimum Gasteiger partial charge on any atom is -0.361 e. The molecule has 3 fully saturated rings. The van der Waals surface area contributed by atoms with Crippen LogP contribution in [0.15, 0.2) is 10.6 Å². The lowest BCUT2D eigenvalue weighted by atomic mass is 9.78. The molecule has 3 aliphatic rings. The number of rotatable bonds is 1. The smallest absolute Gasteiger partial charge is 0.141 e. The van der Waals surface area contributed by atoms with Gasteiger partial charge in [-0.2, -0.15) is 0 Å². The molecule has 0 radical (unpaired) electrons. The molecule has 0 N–H and O–H groups in total. The van der Waals surface area contributed by atoms with Crippen LogP contribution in [0.1, 0.15) is 30.2 Å². The Balaban J connectivity index is 1.85. The summed E-state index contributed by atoms with van der Waals surface area (Å²) in [6, 6.07) is 2.10. The molecular formula is C11H16N2O. The van der Waals surface area contributed by atoms with Gasteiger partial charge < -0.3 is 9.42 Å². The molecule has 76 valence electrons. The average molecular weight is 192 g/mol. The maximum absolute atomic E-state index is 5.38. The second kappa shape index (κ2) is 3.09. The van der Waals surface area contributed by atoms with E-state index < -0.39 is 0 Å². The average Bonchev–Trinajstić information content (AvgIpc) is 2.66. The molecule has 0 aliphatic carbocycles. The standard InChI is InChI=1S/C11H16N2O/c1-8-6-11(14-12-8)10-7-13-4-2-9(10)3-5-13/h6,9-10H,2-5,7H2,1H3. The van der Waals surface area contributed by atoms with E-state index in [0.717, 1.165) is 17.4 Å². The van der Waals surface area contributed by atoms with Crippen LogP contribution in [-0.2, 0) is 0 Å². The zero-order valence-electron chi connectivity index (χ0n) is 8.57. The fourth-order valence-corrected chi connectivity index (χ4v) is 2.85. The summed E-state index contributed by atoms with van der Waals surface area (Å²) >= 11 is 0. The Morgan fingerprint density at radius 2 is 2.21 bits per heavy atom. The number of nitrogens with zero attached hydrogens (tertiary/aromatic N) is 2. The van der Waals surface area contributed by atoms with Crippen molar-refractivity contribution in [1.82, 2.24) is 10.1 Å². The highest BCUT2D eigenvalue weighted by atomic mass is 16.5. The number of piperidine rings is 3. The van der Waals surface area contributed by atoms with Crippen LogP contribution in [-0.4, -0.2) is 29.7 Å². The van der Waals surface area contributed by atoms with Crippen LogP contribution < -0.4 is 0 Å². The van der Waals surface area contributed by atoms with Gasteiger partial charge in [0.15, 0.2) is 0 Å². The molecule has 3 saturated heterocycles. The van der Waals surface area contributed by atoms with Gasteiger partial charge in [-0.25, -0.2) is 0 Å². The summed E-state index contributed by atoms with van der Waals surface area (Å²) in [7, 11) is 0. The van der Waals surface area contributed by atoms with Crippen molar-refractivity contribution in [2.75, 3.05) is 19.6 Å². The van der Waals surface area contributed by atoms with Crippen LogP contribution in [0.4, 0.5) is 0 Å². The summed E-state index contributed by atoms with van der Waals surface area (Å²) in [5.74, 6) is 2.56. The zero-order chi connectivity index (χ0) is 9.54. The molecule has 1 atom stereocenters. The van der Waals surface area contributed by atoms with Crippen molar-refractivity contribution in [2.45, 2.75) is 25.7 Å². The van der Waals surface area contributed by atoms with Crippen molar-refractivity contribution in [1.29, 1.82) is 0 Å². The van der Waals surface area contributed by atoms with Gasteiger partial charge in [-0.05, 0) is 38.8 Å². The Morgan fingerprint density at radius 1 is 1.43 bits per heavy atom. The molecule has 1 unspecified atom stereocenters. The molecule has 14 heavy (non-hydrogen) atoms. The van der Waals surface area contributed by atoms with Crippen LogP contribution in [0.5, 0.6) is 0 Å². The Labute approximate surface area is 84.1 Å². The van der Waals surface area contributed by atoms with Gasteiger partial charge in [0, 0.05) is 18.5 Å². The Morgan fingerprint density at radius 3 is 2.71 bits per heavy atom. The number of hydrogen-bond donors (Lipinski definition) is 0. The molecular weight excluding hydrogens is 176 g/mol. The van der Waals surface area contributed by atoms with Crippen LogP contribution in [0.25, 0.3) is 0 Å². The highest BCUT2D eigenvalue weighted by Crippen LogP contribution is 2.38. The van der Waals surface area contributed by atoms with E-state index in [0.29, 0.717) is 5.92 Å². The Bertz CT molecular complexity index is 326. The second-order valence-electron chi connectivity index (χ2n) is 4.62. The molecule has 0 saturated carbocycles. The first-order valence-electron chi connectivity index (χ1n) is 5.48. The summed E-state index contributed by atoms with van der Waals surface area (Å²) in [5.41, 5.74) is 1.01. The second-order valence-corrected chi connectivity index (χ2v) is 4.62. The molecule has 2 bridgehead atoms. The van der Waals surface area contributed by atoms with E-state index >= 15 is 0 Å². The largest absolute Gasteiger partial charge is 0.361 e. The number of hydrogen-bond acceptors (Lipinski definition) is 3. The van der Waals surface area contributed by atoms with Gasteiger partial charge in [0.25, 0.3) is 0 Å². The summed E-state index contributed by atoms with van der Waals surface area (Å²) < 4.78 is 5.38. The Kier molecular flexibility index (Phi) is 1.87. The predicted octanol–water partition coefficient (Wildman–Crippen LogP) is 1.79. The van der Waals surface area contributed by atoms with Crippen LogP contribution in [0.3, 0.4) is 0 Å². The van der Waals surface area contributed by atoms with Crippen molar-refractivity contribution < 1.29 is 4.52 Å². The third kappa shape index (κ3) is 1.27. The van der Waals surface area contributed by atoms with E-state index in [9.17, 15) is 0 Å². The summed E-state index contributed by atoms with van der Waals surface area (Å²) in [5, 5.41) is 3.98. The van der Waals surface area contributed by atoms with E-state index in [1.165, 1.54) is 32.5 Å².